The summed E-state index contributed by atoms with van der Waals surface area (Å²) in [5.74, 6) is -7.47. The summed E-state index contributed by atoms with van der Waals surface area (Å²) in [6.07, 6.45) is 0.933. The SMILES string of the molecule is [B]C1=C(O)C(O)=C(O)/C(=C\O)C/C1=C(/O)c1oc(/C([B])=C(\C)O)c(/C(=C/O)c2c3ccccc3c(-c3cccc(-c4c(O)c(O)c([B])c(O)c4O)c3)c3ccccc23)c1CC. The molecule has 0 saturated heterocycles. The molecule has 6 radical (unpaired) electrons. The Bertz CT molecular complexity index is 2950. The smallest absolute Gasteiger partial charge is 0.200 e. The summed E-state index contributed by atoms with van der Waals surface area (Å²) in [6.45, 7) is 3.04. The Morgan fingerprint density at radius 1 is 0.672 bits per heavy atom. The Morgan fingerprint density at radius 2 is 1.21 bits per heavy atom. The Morgan fingerprint density at radius 3 is 1.72 bits per heavy atom. The minimum absolute atomic E-state index is 0.102. The molecule has 0 spiro atoms. The van der Waals surface area contributed by atoms with Crippen molar-refractivity contribution in [2.45, 2.75) is 26.7 Å². The van der Waals surface area contributed by atoms with Gasteiger partial charge in [0.2, 0.25) is 0 Å². The van der Waals surface area contributed by atoms with E-state index in [1.165, 1.54) is 6.92 Å². The number of benzene rings is 5. The molecule has 61 heavy (non-hydrogen) atoms. The number of allylic oxidation sites excluding steroid dienone is 4. The van der Waals surface area contributed by atoms with E-state index in [-0.39, 0.29) is 68.1 Å². The van der Waals surface area contributed by atoms with Crippen molar-refractivity contribution in [3.63, 3.8) is 0 Å². The van der Waals surface area contributed by atoms with E-state index in [0.717, 1.165) is 6.26 Å². The molecule has 7 rings (SSSR count). The number of fused-ring (bicyclic) bond motifs is 2. The molecule has 12 nitrogen and oxygen atoms in total. The van der Waals surface area contributed by atoms with Crippen LogP contribution in [0.25, 0.3) is 60.6 Å². The number of aromatic hydroxyl groups is 4. The van der Waals surface area contributed by atoms with Crippen molar-refractivity contribution in [2.75, 3.05) is 0 Å². The highest BCUT2D eigenvalue weighted by molar-refractivity contribution is 6.42. The van der Waals surface area contributed by atoms with Gasteiger partial charge in [-0.1, -0.05) is 73.7 Å². The lowest BCUT2D eigenvalue weighted by molar-refractivity contribution is 0.287. The van der Waals surface area contributed by atoms with E-state index >= 15 is 0 Å². The van der Waals surface area contributed by atoms with Crippen molar-refractivity contribution < 1.29 is 60.6 Å². The van der Waals surface area contributed by atoms with Crippen LogP contribution in [-0.4, -0.2) is 79.7 Å². The van der Waals surface area contributed by atoms with Crippen LogP contribution in [0.1, 0.15) is 48.5 Å². The average Bonchev–Trinajstić information content (AvgIpc) is 3.62. The molecule has 0 amide bonds. The maximum absolute atomic E-state index is 11.9. The molecule has 0 atom stereocenters. The van der Waals surface area contributed by atoms with E-state index in [9.17, 15) is 56.2 Å². The second-order valence-electron chi connectivity index (χ2n) is 14.2. The van der Waals surface area contributed by atoms with Gasteiger partial charge in [0.1, 0.15) is 29.3 Å². The molecule has 1 heterocycles. The predicted octanol–water partition coefficient (Wildman–Crippen LogP) is 8.84. The summed E-state index contributed by atoms with van der Waals surface area (Å²) in [6, 6.07) is 21.2. The van der Waals surface area contributed by atoms with Gasteiger partial charge in [0, 0.05) is 34.3 Å². The van der Waals surface area contributed by atoms with Crippen LogP contribution in [-0.2, 0) is 6.42 Å². The summed E-state index contributed by atoms with van der Waals surface area (Å²) in [5.41, 5.74) is 0.257. The number of hydrogen-bond donors (Lipinski definition) is 11. The van der Waals surface area contributed by atoms with E-state index < -0.39 is 63.4 Å². The van der Waals surface area contributed by atoms with Crippen molar-refractivity contribution in [1.82, 2.24) is 0 Å². The maximum Gasteiger partial charge on any atom is 0.200 e. The highest BCUT2D eigenvalue weighted by Gasteiger charge is 2.33. The van der Waals surface area contributed by atoms with Crippen LogP contribution in [0.5, 0.6) is 23.0 Å². The summed E-state index contributed by atoms with van der Waals surface area (Å²) in [4.78, 5) is 0. The van der Waals surface area contributed by atoms with E-state index in [1.807, 2.05) is 36.4 Å². The highest BCUT2D eigenvalue weighted by atomic mass is 16.4. The van der Waals surface area contributed by atoms with E-state index in [4.69, 9.17) is 28.0 Å². The Balaban J connectivity index is 1.54. The maximum atomic E-state index is 11.9. The third-order valence-corrected chi connectivity index (χ3v) is 10.8. The lowest BCUT2D eigenvalue weighted by Gasteiger charge is -2.20. The third kappa shape index (κ3) is 6.54. The molecule has 0 saturated carbocycles. The average molecular weight is 812 g/mol. The first kappa shape index (κ1) is 41.5. The number of aliphatic hydroxyl groups excluding tert-OH is 7. The zero-order chi connectivity index (χ0) is 44.2. The normalized spacial score (nSPS) is 15.8. The first-order chi connectivity index (χ1) is 29.1. The summed E-state index contributed by atoms with van der Waals surface area (Å²) >= 11 is 0. The molecule has 15 heteroatoms. The largest absolute Gasteiger partial charge is 0.515 e. The standard InChI is InChI=1S/C46H35B3O12/c1-3-23-33(46(34(47)19(2)52)61-45(23)38(54)28-16-22(17-50)37(53)44(60)41(57)35(28)48)29(18-51)32-26-13-6-4-11-24(26)30(25-12-5-7-14-27(25)32)20-9-8-10-21(15-20)31-39(55)42(58)36(49)43(59)40(31)56/h4-15,17-18,50-60H,3,16H2,1-2H3/b22-17-,29-18+,34-19-,38-28-. The molecule has 0 fully saturated rings. The molecule has 11 N–H and O–H groups in total. The van der Waals surface area contributed by atoms with Crippen molar-refractivity contribution in [3.8, 4) is 45.3 Å². The fraction of sp³-hybridized carbons (Fsp3) is 0.0870. The number of rotatable bonds is 7. The third-order valence-electron chi connectivity index (χ3n) is 10.8. The van der Waals surface area contributed by atoms with Crippen LogP contribution in [0.2, 0.25) is 0 Å². The van der Waals surface area contributed by atoms with Gasteiger partial charge in [-0.2, -0.15) is 0 Å². The number of aliphatic hydroxyl groups is 7. The van der Waals surface area contributed by atoms with Gasteiger partial charge in [0.25, 0.3) is 0 Å². The minimum atomic E-state index is -1.04. The molecular formula is C46H35B3O12. The summed E-state index contributed by atoms with van der Waals surface area (Å²) in [5, 5.41) is 121. The van der Waals surface area contributed by atoms with Crippen LogP contribution in [0.3, 0.4) is 0 Å². The van der Waals surface area contributed by atoms with Gasteiger partial charge in [-0.25, -0.2) is 0 Å². The predicted molar refractivity (Wildman–Crippen MR) is 236 cm³/mol. The first-order valence-corrected chi connectivity index (χ1v) is 18.6. The van der Waals surface area contributed by atoms with E-state index in [1.54, 1.807) is 43.3 Å². The molecular weight excluding hydrogens is 777 g/mol. The van der Waals surface area contributed by atoms with Gasteiger partial charge in [-0.3, -0.25) is 0 Å². The number of phenols is 4. The van der Waals surface area contributed by atoms with Gasteiger partial charge < -0.3 is 60.6 Å². The van der Waals surface area contributed by atoms with Crippen molar-refractivity contribution in [1.29, 1.82) is 0 Å². The minimum Gasteiger partial charge on any atom is -0.515 e. The van der Waals surface area contributed by atoms with Crippen LogP contribution in [0.15, 0.2) is 129 Å². The molecule has 1 aliphatic rings. The molecule has 0 bridgehead atoms. The van der Waals surface area contributed by atoms with Gasteiger partial charge in [-0.15, -0.1) is 0 Å². The van der Waals surface area contributed by atoms with E-state index in [2.05, 4.69) is 0 Å². The monoisotopic (exact) mass is 812 g/mol. The van der Waals surface area contributed by atoms with Crippen LogP contribution in [0.4, 0.5) is 0 Å². The number of hydrogen-bond acceptors (Lipinski definition) is 12. The van der Waals surface area contributed by atoms with Gasteiger partial charge >= 0.3 is 0 Å². The van der Waals surface area contributed by atoms with E-state index in [0.29, 0.717) is 44.5 Å². The molecule has 300 valence electrons. The Labute approximate surface area is 352 Å². The van der Waals surface area contributed by atoms with Crippen LogP contribution >= 0.6 is 0 Å². The van der Waals surface area contributed by atoms with Gasteiger partial charge in [-0.05, 0) is 79.6 Å². The highest BCUT2D eigenvalue weighted by Crippen LogP contribution is 2.50. The molecule has 0 unspecified atom stereocenters. The summed E-state index contributed by atoms with van der Waals surface area (Å²) in [7, 11) is 18.4. The lowest BCUT2D eigenvalue weighted by Crippen LogP contribution is -2.05. The first-order valence-electron chi connectivity index (χ1n) is 18.6. The number of phenolic OH excluding ortho intramolecular Hbond substituents is 4. The quantitative estimate of drug-likeness (QED) is 0.0239. The van der Waals surface area contributed by atoms with Gasteiger partial charge in [0.05, 0.1) is 23.8 Å². The molecule has 0 aliphatic heterocycles. The topological polar surface area (TPSA) is 236 Å². The number of furan rings is 1. The zero-order valence-electron chi connectivity index (χ0n) is 32.6. The lowest BCUT2D eigenvalue weighted by atomic mass is 9.80. The molecule has 1 aromatic heterocycles. The van der Waals surface area contributed by atoms with Crippen molar-refractivity contribution >= 4 is 67.4 Å². The van der Waals surface area contributed by atoms with Crippen molar-refractivity contribution in [3.05, 3.63) is 153 Å². The van der Waals surface area contributed by atoms with Gasteiger partial charge in [0.15, 0.2) is 51.8 Å². The summed E-state index contributed by atoms with van der Waals surface area (Å²) < 4.78 is 6.27. The van der Waals surface area contributed by atoms with Crippen LogP contribution in [0, 0.1) is 0 Å². The second-order valence-corrected chi connectivity index (χ2v) is 14.2. The zero-order valence-corrected chi connectivity index (χ0v) is 32.6. The van der Waals surface area contributed by atoms with Crippen molar-refractivity contribution in [2.24, 2.45) is 0 Å². The fourth-order valence-corrected chi connectivity index (χ4v) is 7.80. The molecule has 1 aliphatic carbocycles. The molecule has 5 aromatic carbocycles. The fourth-order valence-electron chi connectivity index (χ4n) is 7.80. The Hall–Kier alpha value is -7.67. The Kier molecular flexibility index (Phi) is 10.8. The van der Waals surface area contributed by atoms with Crippen LogP contribution < -0.4 is 5.46 Å². The molecule has 6 aromatic rings. The second kappa shape index (κ2) is 15.8.